The summed E-state index contributed by atoms with van der Waals surface area (Å²) in [6.07, 6.45) is 0.545. The Morgan fingerprint density at radius 1 is 1.26 bits per heavy atom. The van der Waals surface area contributed by atoms with E-state index in [4.69, 9.17) is 31.8 Å². The number of halogens is 2. The maximum Gasteiger partial charge on any atom is 0.338 e. The van der Waals surface area contributed by atoms with E-state index in [1.807, 2.05) is 0 Å². The Morgan fingerprint density at radius 2 is 1.95 bits per heavy atom. The molecular weight excluding hydrogens is 315 g/mol. The minimum atomic E-state index is -3.95. The number of carbonyl (C=O) groups is 1. The van der Waals surface area contributed by atoms with Gasteiger partial charge in [-0.1, -0.05) is 11.6 Å². The summed E-state index contributed by atoms with van der Waals surface area (Å²) in [4.78, 5) is 11.4. The van der Waals surface area contributed by atoms with Gasteiger partial charge in [-0.2, -0.15) is 0 Å². The number of esters is 1. The molecule has 0 amide bonds. The van der Waals surface area contributed by atoms with Crippen LogP contribution in [-0.2, 0) is 18.5 Å². The number of carbonyl (C=O) groups excluding carboxylic acids is 1. The lowest BCUT2D eigenvalue weighted by atomic mass is 10.2. The second kappa shape index (κ2) is 7.09. The summed E-state index contributed by atoms with van der Waals surface area (Å²) >= 11 is 5.73. The van der Waals surface area contributed by atoms with Crippen molar-refractivity contribution in [3.8, 4) is 0 Å². The maximum absolute atomic E-state index is 11.7. The van der Waals surface area contributed by atoms with Crippen LogP contribution in [0.3, 0.4) is 0 Å². The Hall–Kier alpha value is -0.820. The van der Waals surface area contributed by atoms with Crippen LogP contribution in [0.25, 0.3) is 0 Å². The third-order valence-corrected chi connectivity index (χ3v) is 3.67. The van der Waals surface area contributed by atoms with E-state index >= 15 is 0 Å². The maximum atomic E-state index is 11.7. The first-order valence-corrected chi connectivity index (χ1v) is 7.94. The molecule has 106 valence electrons. The molecule has 5 nitrogen and oxygen atoms in total. The van der Waals surface area contributed by atoms with Crippen molar-refractivity contribution in [3.63, 3.8) is 0 Å². The van der Waals surface area contributed by atoms with Crippen LogP contribution in [0, 0.1) is 0 Å². The molecule has 1 rings (SSSR count). The lowest BCUT2D eigenvalue weighted by Crippen LogP contribution is -2.08. The van der Waals surface area contributed by atoms with Gasteiger partial charge in [0.15, 0.2) is 0 Å². The number of rotatable bonds is 6. The topological polar surface area (TPSA) is 69.7 Å². The Labute approximate surface area is 120 Å². The zero-order valence-electron chi connectivity index (χ0n) is 10.1. The van der Waals surface area contributed by atoms with E-state index in [1.165, 1.54) is 13.2 Å². The van der Waals surface area contributed by atoms with Crippen LogP contribution >= 0.6 is 22.3 Å². The highest BCUT2D eigenvalue weighted by Gasteiger charge is 2.16. The van der Waals surface area contributed by atoms with Crippen molar-refractivity contribution in [3.05, 3.63) is 28.8 Å². The molecule has 0 aliphatic carbocycles. The molecule has 0 fully saturated rings. The predicted molar refractivity (Wildman–Crippen MR) is 71.3 cm³/mol. The molecule has 1 aromatic carbocycles. The second-order valence-electron chi connectivity index (χ2n) is 3.60. The predicted octanol–water partition coefficient (Wildman–Crippen LogP) is 2.46. The quantitative estimate of drug-likeness (QED) is 0.456. The lowest BCUT2D eigenvalue weighted by Gasteiger charge is -2.06. The monoisotopic (exact) mass is 326 g/mol. The molecule has 0 heterocycles. The van der Waals surface area contributed by atoms with Crippen molar-refractivity contribution in [2.24, 2.45) is 0 Å². The van der Waals surface area contributed by atoms with Crippen molar-refractivity contribution in [2.75, 3.05) is 20.3 Å². The summed E-state index contributed by atoms with van der Waals surface area (Å²) in [5.41, 5.74) is 0.0316. The van der Waals surface area contributed by atoms with Gasteiger partial charge in [0, 0.05) is 35.8 Å². The molecule has 8 heteroatoms. The molecule has 0 aliphatic heterocycles. The second-order valence-corrected chi connectivity index (χ2v) is 6.60. The van der Waals surface area contributed by atoms with Gasteiger partial charge in [-0.3, -0.25) is 0 Å². The van der Waals surface area contributed by atoms with E-state index in [-0.39, 0.29) is 22.1 Å². The van der Waals surface area contributed by atoms with Crippen LogP contribution in [0.1, 0.15) is 16.8 Å². The highest BCUT2D eigenvalue weighted by molar-refractivity contribution is 8.13. The molecule has 19 heavy (non-hydrogen) atoms. The standard InChI is InChI=1S/C11H12Cl2O5S/c1-17-3-2-4-18-11(14)8-5-9(12)7-10(6-8)19(13,15)16/h5-7H,2-4H2,1H3. The summed E-state index contributed by atoms with van der Waals surface area (Å²) in [7, 11) is 2.79. The molecule has 1 aromatic rings. The minimum absolute atomic E-state index is 0.0316. The highest BCUT2D eigenvalue weighted by Crippen LogP contribution is 2.22. The molecule has 0 unspecified atom stereocenters. The molecular formula is C11H12Cl2O5S. The van der Waals surface area contributed by atoms with Crippen LogP contribution < -0.4 is 0 Å². The lowest BCUT2D eigenvalue weighted by molar-refractivity contribution is 0.0468. The molecule has 0 bridgehead atoms. The first-order valence-electron chi connectivity index (χ1n) is 5.26. The molecule has 0 saturated carbocycles. The molecule has 0 radical (unpaired) electrons. The molecule has 0 N–H and O–H groups in total. The number of hydrogen-bond donors (Lipinski definition) is 0. The van der Waals surface area contributed by atoms with Crippen molar-refractivity contribution < 1.29 is 22.7 Å². The SMILES string of the molecule is COCCCOC(=O)c1cc(Cl)cc(S(=O)(=O)Cl)c1. The Morgan fingerprint density at radius 3 is 2.53 bits per heavy atom. The number of benzene rings is 1. The van der Waals surface area contributed by atoms with Gasteiger partial charge in [-0.05, 0) is 18.2 Å². The number of hydrogen-bond acceptors (Lipinski definition) is 5. The molecule has 0 spiro atoms. The van der Waals surface area contributed by atoms with E-state index in [0.717, 1.165) is 12.1 Å². The van der Waals surface area contributed by atoms with Crippen LogP contribution in [0.5, 0.6) is 0 Å². The zero-order valence-corrected chi connectivity index (χ0v) is 12.4. The van der Waals surface area contributed by atoms with Crippen LogP contribution in [-0.4, -0.2) is 34.7 Å². The van der Waals surface area contributed by atoms with Crippen molar-refractivity contribution >= 4 is 37.3 Å². The number of ether oxygens (including phenoxy) is 2. The van der Waals surface area contributed by atoms with E-state index in [0.29, 0.717) is 13.0 Å². The van der Waals surface area contributed by atoms with E-state index in [9.17, 15) is 13.2 Å². The fourth-order valence-corrected chi connectivity index (χ4v) is 2.38. The minimum Gasteiger partial charge on any atom is -0.462 e. The van der Waals surface area contributed by atoms with Gasteiger partial charge in [0.25, 0.3) is 9.05 Å². The van der Waals surface area contributed by atoms with Gasteiger partial charge >= 0.3 is 5.97 Å². The zero-order chi connectivity index (χ0) is 14.5. The van der Waals surface area contributed by atoms with Gasteiger partial charge in [-0.15, -0.1) is 0 Å². The van der Waals surface area contributed by atoms with Gasteiger partial charge in [-0.25, -0.2) is 13.2 Å². The van der Waals surface area contributed by atoms with E-state index in [2.05, 4.69) is 0 Å². The summed E-state index contributed by atoms with van der Waals surface area (Å²) in [6, 6.07) is 3.59. The normalized spacial score (nSPS) is 11.3. The summed E-state index contributed by atoms with van der Waals surface area (Å²) in [6.45, 7) is 0.631. The first-order chi connectivity index (χ1) is 8.84. The smallest absolute Gasteiger partial charge is 0.338 e. The average molecular weight is 327 g/mol. The molecule has 0 aromatic heterocycles. The first kappa shape index (κ1) is 16.2. The molecule has 0 aliphatic rings. The Kier molecular flexibility index (Phi) is 6.06. The van der Waals surface area contributed by atoms with Crippen LogP contribution in [0.2, 0.25) is 5.02 Å². The fourth-order valence-electron chi connectivity index (χ4n) is 1.27. The third-order valence-electron chi connectivity index (χ3n) is 2.11. The highest BCUT2D eigenvalue weighted by atomic mass is 35.7. The Bertz CT molecular complexity index is 556. The van der Waals surface area contributed by atoms with Crippen molar-refractivity contribution in [1.82, 2.24) is 0 Å². The van der Waals surface area contributed by atoms with Gasteiger partial charge < -0.3 is 9.47 Å². The van der Waals surface area contributed by atoms with Crippen LogP contribution in [0.4, 0.5) is 0 Å². The summed E-state index contributed by atoms with van der Waals surface area (Å²) < 4.78 is 32.1. The average Bonchev–Trinajstić information content (AvgIpc) is 2.32. The summed E-state index contributed by atoms with van der Waals surface area (Å²) in [5, 5.41) is 0.0885. The van der Waals surface area contributed by atoms with Crippen molar-refractivity contribution in [2.45, 2.75) is 11.3 Å². The van der Waals surface area contributed by atoms with Gasteiger partial charge in [0.1, 0.15) is 0 Å². The Balaban J connectivity index is 2.83. The third kappa shape index (κ3) is 5.36. The van der Waals surface area contributed by atoms with Crippen molar-refractivity contribution in [1.29, 1.82) is 0 Å². The number of methoxy groups -OCH3 is 1. The van der Waals surface area contributed by atoms with E-state index in [1.54, 1.807) is 0 Å². The molecule has 0 atom stereocenters. The summed E-state index contributed by atoms with van der Waals surface area (Å²) in [5.74, 6) is -0.667. The van der Waals surface area contributed by atoms with Gasteiger partial charge in [0.05, 0.1) is 17.1 Å². The molecule has 0 saturated heterocycles. The van der Waals surface area contributed by atoms with Gasteiger partial charge in [0.2, 0.25) is 0 Å². The fraction of sp³-hybridized carbons (Fsp3) is 0.364. The largest absolute Gasteiger partial charge is 0.462 e. The van der Waals surface area contributed by atoms with Crippen LogP contribution in [0.15, 0.2) is 23.1 Å². The van der Waals surface area contributed by atoms with E-state index < -0.39 is 15.0 Å².